The molecule has 0 saturated carbocycles. The van der Waals surface area contributed by atoms with Crippen LogP contribution in [0, 0.1) is 5.92 Å². The molecule has 0 aliphatic carbocycles. The number of hydrogen-bond acceptors (Lipinski definition) is 3. The van der Waals surface area contributed by atoms with Crippen LogP contribution in [0.5, 0.6) is 0 Å². The smallest absolute Gasteiger partial charge is 0.303 e. The lowest BCUT2D eigenvalue weighted by atomic mass is 10.2. The first-order valence-electron chi connectivity index (χ1n) is 6.55. The van der Waals surface area contributed by atoms with Crippen LogP contribution in [0.25, 0.3) is 0 Å². The molecule has 0 atom stereocenters. The molecule has 18 heavy (non-hydrogen) atoms. The fourth-order valence-corrected chi connectivity index (χ4v) is 1.63. The van der Waals surface area contributed by atoms with Gasteiger partial charge in [0.15, 0.2) is 0 Å². The van der Waals surface area contributed by atoms with Crippen LogP contribution in [0.15, 0.2) is 0 Å². The Balaban J connectivity index is 3.91. The molecule has 0 aromatic rings. The molecule has 0 heterocycles. The van der Waals surface area contributed by atoms with Gasteiger partial charge in [0.1, 0.15) is 0 Å². The summed E-state index contributed by atoms with van der Waals surface area (Å²) >= 11 is 0. The molecule has 0 aliphatic rings. The topological polar surface area (TPSA) is 69.6 Å². The molecular weight excluding hydrogens is 232 g/mol. The highest BCUT2D eigenvalue weighted by molar-refractivity contribution is 5.78. The van der Waals surface area contributed by atoms with Crippen LogP contribution in [-0.4, -0.2) is 47.6 Å². The lowest BCUT2D eigenvalue weighted by Gasteiger charge is -2.27. The molecule has 5 nitrogen and oxygen atoms in total. The van der Waals surface area contributed by atoms with Gasteiger partial charge in [-0.25, -0.2) is 0 Å². The van der Waals surface area contributed by atoms with E-state index >= 15 is 0 Å². The number of nitrogens with one attached hydrogen (secondary N) is 1. The lowest BCUT2D eigenvalue weighted by Crippen LogP contribution is -2.42. The number of amides is 1. The normalized spacial score (nSPS) is 11.3. The number of nitrogens with zero attached hydrogens (tertiary/aromatic N) is 1. The predicted molar refractivity (Wildman–Crippen MR) is 71.4 cm³/mol. The third kappa shape index (κ3) is 8.98. The monoisotopic (exact) mass is 258 g/mol. The zero-order chi connectivity index (χ0) is 14.1. The second-order valence-corrected chi connectivity index (χ2v) is 5.26. The van der Waals surface area contributed by atoms with Gasteiger partial charge in [-0.2, -0.15) is 0 Å². The first-order chi connectivity index (χ1) is 8.32. The van der Waals surface area contributed by atoms with Crippen molar-refractivity contribution in [3.8, 4) is 0 Å². The SMILES string of the molecule is CC(C)CN(CC(=O)NCCCC(=O)O)C(C)C. The van der Waals surface area contributed by atoms with Crippen LogP contribution in [-0.2, 0) is 9.59 Å². The van der Waals surface area contributed by atoms with Crippen LogP contribution in [0.3, 0.4) is 0 Å². The van der Waals surface area contributed by atoms with Gasteiger partial charge in [-0.1, -0.05) is 13.8 Å². The molecule has 2 N–H and O–H groups in total. The van der Waals surface area contributed by atoms with Gasteiger partial charge in [-0.05, 0) is 26.2 Å². The Morgan fingerprint density at radius 3 is 2.28 bits per heavy atom. The van der Waals surface area contributed by atoms with Crippen molar-refractivity contribution < 1.29 is 14.7 Å². The molecule has 0 saturated heterocycles. The number of carboxylic acids is 1. The van der Waals surface area contributed by atoms with Crippen molar-refractivity contribution in [2.75, 3.05) is 19.6 Å². The summed E-state index contributed by atoms with van der Waals surface area (Å²) in [6, 6.07) is 0.331. The van der Waals surface area contributed by atoms with E-state index in [1.54, 1.807) is 0 Å². The highest BCUT2D eigenvalue weighted by Crippen LogP contribution is 2.03. The van der Waals surface area contributed by atoms with Crippen LogP contribution in [0.2, 0.25) is 0 Å². The van der Waals surface area contributed by atoms with Crippen molar-refractivity contribution in [2.24, 2.45) is 5.92 Å². The van der Waals surface area contributed by atoms with E-state index in [0.29, 0.717) is 31.5 Å². The van der Waals surface area contributed by atoms with Crippen LogP contribution in [0.4, 0.5) is 0 Å². The summed E-state index contributed by atoms with van der Waals surface area (Å²) in [6.45, 7) is 10.1. The van der Waals surface area contributed by atoms with Crippen molar-refractivity contribution in [1.82, 2.24) is 10.2 Å². The van der Waals surface area contributed by atoms with Gasteiger partial charge in [0.2, 0.25) is 5.91 Å². The minimum absolute atomic E-state index is 0.0326. The van der Waals surface area contributed by atoms with Gasteiger partial charge in [0, 0.05) is 25.6 Å². The summed E-state index contributed by atoms with van der Waals surface area (Å²) in [6.07, 6.45) is 0.576. The summed E-state index contributed by atoms with van der Waals surface area (Å²) in [5.41, 5.74) is 0. The standard InChI is InChI=1S/C13H26N2O3/c1-10(2)8-15(11(3)4)9-12(16)14-7-5-6-13(17)18/h10-11H,5-9H2,1-4H3,(H,14,16)(H,17,18). The molecule has 0 aromatic heterocycles. The number of carbonyl (C=O) groups excluding carboxylic acids is 1. The summed E-state index contributed by atoms with van der Waals surface area (Å²) < 4.78 is 0. The van der Waals surface area contributed by atoms with Gasteiger partial charge in [-0.15, -0.1) is 0 Å². The first-order valence-corrected chi connectivity index (χ1v) is 6.55. The molecule has 0 rings (SSSR count). The van der Waals surface area contributed by atoms with Gasteiger partial charge in [0.05, 0.1) is 6.54 Å². The molecule has 0 radical (unpaired) electrons. The Morgan fingerprint density at radius 2 is 1.83 bits per heavy atom. The zero-order valence-corrected chi connectivity index (χ0v) is 11.9. The Hall–Kier alpha value is -1.10. The molecule has 0 bridgehead atoms. The van der Waals surface area contributed by atoms with Crippen molar-refractivity contribution in [3.63, 3.8) is 0 Å². The molecular formula is C13H26N2O3. The Bertz CT molecular complexity index is 265. The van der Waals surface area contributed by atoms with E-state index in [1.807, 2.05) is 0 Å². The maximum Gasteiger partial charge on any atom is 0.303 e. The first kappa shape index (κ1) is 16.9. The molecule has 0 unspecified atom stereocenters. The predicted octanol–water partition coefficient (Wildman–Crippen LogP) is 1.33. The van der Waals surface area contributed by atoms with E-state index in [9.17, 15) is 9.59 Å². The van der Waals surface area contributed by atoms with Gasteiger partial charge >= 0.3 is 5.97 Å². The summed E-state index contributed by atoms with van der Waals surface area (Å²) in [5, 5.41) is 11.2. The summed E-state index contributed by atoms with van der Waals surface area (Å²) in [5.74, 6) is -0.338. The van der Waals surface area contributed by atoms with Crippen molar-refractivity contribution in [2.45, 2.75) is 46.6 Å². The zero-order valence-electron chi connectivity index (χ0n) is 11.9. The number of hydrogen-bond donors (Lipinski definition) is 2. The maximum atomic E-state index is 11.7. The fraction of sp³-hybridized carbons (Fsp3) is 0.846. The lowest BCUT2D eigenvalue weighted by molar-refractivity contribution is -0.137. The third-order valence-corrected chi connectivity index (χ3v) is 2.57. The van der Waals surface area contributed by atoms with E-state index in [4.69, 9.17) is 5.11 Å². The second kappa shape index (κ2) is 8.91. The van der Waals surface area contributed by atoms with Crippen molar-refractivity contribution >= 4 is 11.9 Å². The van der Waals surface area contributed by atoms with Gasteiger partial charge < -0.3 is 10.4 Å². The fourth-order valence-electron chi connectivity index (χ4n) is 1.63. The molecule has 1 amide bonds. The molecule has 5 heteroatoms. The minimum Gasteiger partial charge on any atom is -0.481 e. The molecule has 0 aromatic carbocycles. The number of carboxylic acid groups (broad SMARTS) is 1. The number of carbonyl (C=O) groups is 2. The highest BCUT2D eigenvalue weighted by Gasteiger charge is 2.14. The van der Waals surface area contributed by atoms with E-state index < -0.39 is 5.97 Å². The minimum atomic E-state index is -0.826. The molecule has 0 aliphatic heterocycles. The van der Waals surface area contributed by atoms with Crippen molar-refractivity contribution in [1.29, 1.82) is 0 Å². The van der Waals surface area contributed by atoms with Crippen molar-refractivity contribution in [3.05, 3.63) is 0 Å². The largest absolute Gasteiger partial charge is 0.481 e. The average Bonchev–Trinajstić information content (AvgIpc) is 2.22. The Kier molecular flexibility index (Phi) is 8.37. The van der Waals surface area contributed by atoms with Crippen LogP contribution in [0.1, 0.15) is 40.5 Å². The summed E-state index contributed by atoms with van der Waals surface area (Å²) in [4.78, 5) is 24.1. The second-order valence-electron chi connectivity index (χ2n) is 5.26. The Morgan fingerprint density at radius 1 is 1.22 bits per heavy atom. The average molecular weight is 258 g/mol. The summed E-state index contributed by atoms with van der Waals surface area (Å²) in [7, 11) is 0. The number of aliphatic carboxylic acids is 1. The Labute approximate surface area is 110 Å². The van der Waals surface area contributed by atoms with E-state index in [1.165, 1.54) is 0 Å². The van der Waals surface area contributed by atoms with E-state index in [2.05, 4.69) is 37.9 Å². The van der Waals surface area contributed by atoms with Gasteiger partial charge in [-0.3, -0.25) is 14.5 Å². The van der Waals surface area contributed by atoms with Crippen LogP contribution >= 0.6 is 0 Å². The molecule has 0 spiro atoms. The third-order valence-electron chi connectivity index (χ3n) is 2.57. The number of rotatable bonds is 9. The van der Waals surface area contributed by atoms with E-state index in [-0.39, 0.29) is 12.3 Å². The quantitative estimate of drug-likeness (QED) is 0.612. The molecule has 0 fully saturated rings. The molecule has 106 valence electrons. The highest BCUT2D eigenvalue weighted by atomic mass is 16.4. The van der Waals surface area contributed by atoms with Gasteiger partial charge in [0.25, 0.3) is 0 Å². The maximum absolute atomic E-state index is 11.7. The van der Waals surface area contributed by atoms with Crippen LogP contribution < -0.4 is 5.32 Å². The van der Waals surface area contributed by atoms with E-state index in [0.717, 1.165) is 6.54 Å².